The third-order valence-corrected chi connectivity index (χ3v) is 2.40. The molecular formula is C12H22N4O2. The van der Waals surface area contributed by atoms with Gasteiger partial charge in [-0.1, -0.05) is 13.8 Å². The fourth-order valence-corrected chi connectivity index (χ4v) is 1.42. The van der Waals surface area contributed by atoms with Gasteiger partial charge in [0.15, 0.2) is 0 Å². The molecular weight excluding hydrogens is 232 g/mol. The molecule has 0 saturated heterocycles. The Hall–Kier alpha value is -1.40. The van der Waals surface area contributed by atoms with E-state index in [0.29, 0.717) is 18.2 Å². The Morgan fingerprint density at radius 1 is 1.39 bits per heavy atom. The van der Waals surface area contributed by atoms with Crippen molar-refractivity contribution in [1.29, 1.82) is 0 Å². The Morgan fingerprint density at radius 2 is 2.17 bits per heavy atom. The molecule has 0 atom stereocenters. The fourth-order valence-electron chi connectivity index (χ4n) is 1.42. The number of methoxy groups -OCH3 is 1. The van der Waals surface area contributed by atoms with E-state index in [4.69, 9.17) is 4.74 Å². The molecule has 6 heteroatoms. The predicted molar refractivity (Wildman–Crippen MR) is 72.2 cm³/mol. The highest BCUT2D eigenvalue weighted by Gasteiger charge is 2.04. The van der Waals surface area contributed by atoms with Crippen LogP contribution in [0.25, 0.3) is 0 Å². The second kappa shape index (κ2) is 7.84. The third-order valence-electron chi connectivity index (χ3n) is 2.40. The number of ether oxygens (including phenoxy) is 1. The summed E-state index contributed by atoms with van der Waals surface area (Å²) in [6.07, 6.45) is 0. The molecule has 6 nitrogen and oxygen atoms in total. The molecule has 0 unspecified atom stereocenters. The van der Waals surface area contributed by atoms with Gasteiger partial charge < -0.3 is 20.4 Å². The van der Waals surface area contributed by atoms with Gasteiger partial charge in [-0.25, -0.2) is 4.98 Å². The number of rotatable bonds is 8. The third kappa shape index (κ3) is 5.29. The highest BCUT2D eigenvalue weighted by Crippen LogP contribution is 2.08. The van der Waals surface area contributed by atoms with Gasteiger partial charge in [0.05, 0.1) is 6.61 Å². The number of nitrogens with one attached hydrogen (secondary N) is 3. The van der Waals surface area contributed by atoms with Crippen LogP contribution in [-0.2, 0) is 4.74 Å². The molecule has 0 aliphatic carbocycles. The van der Waals surface area contributed by atoms with Gasteiger partial charge in [0.25, 0.3) is 5.56 Å². The van der Waals surface area contributed by atoms with Crippen molar-refractivity contribution in [3.05, 3.63) is 22.2 Å². The van der Waals surface area contributed by atoms with E-state index in [1.807, 2.05) is 13.8 Å². The number of aromatic nitrogens is 2. The van der Waals surface area contributed by atoms with E-state index in [9.17, 15) is 4.79 Å². The van der Waals surface area contributed by atoms with Crippen molar-refractivity contribution < 1.29 is 4.74 Å². The Morgan fingerprint density at radius 3 is 2.83 bits per heavy atom. The maximum Gasteiger partial charge on any atom is 0.252 e. The number of hydrogen-bond acceptors (Lipinski definition) is 5. The second-order valence-electron chi connectivity index (χ2n) is 4.34. The zero-order chi connectivity index (χ0) is 13.4. The molecule has 1 aromatic heterocycles. The highest BCUT2D eigenvalue weighted by molar-refractivity contribution is 5.33. The molecule has 0 aliphatic rings. The summed E-state index contributed by atoms with van der Waals surface area (Å²) in [6, 6.07) is 1.47. The molecule has 1 rings (SSSR count). The van der Waals surface area contributed by atoms with Crippen molar-refractivity contribution in [2.24, 2.45) is 0 Å². The van der Waals surface area contributed by atoms with E-state index in [2.05, 4.69) is 20.6 Å². The van der Waals surface area contributed by atoms with E-state index in [-0.39, 0.29) is 11.5 Å². The van der Waals surface area contributed by atoms with Crippen molar-refractivity contribution in [2.45, 2.75) is 19.8 Å². The number of aromatic amines is 1. The van der Waals surface area contributed by atoms with Gasteiger partial charge >= 0.3 is 0 Å². The zero-order valence-electron chi connectivity index (χ0n) is 11.2. The summed E-state index contributed by atoms with van der Waals surface area (Å²) >= 11 is 0. The minimum atomic E-state index is -0.122. The van der Waals surface area contributed by atoms with Crippen molar-refractivity contribution in [1.82, 2.24) is 15.3 Å². The van der Waals surface area contributed by atoms with Crippen LogP contribution in [-0.4, -0.2) is 43.3 Å². The number of H-pyrrole nitrogens is 1. The normalized spacial score (nSPS) is 10.9. The maximum atomic E-state index is 11.4. The van der Waals surface area contributed by atoms with Crippen LogP contribution in [0.2, 0.25) is 0 Å². The van der Waals surface area contributed by atoms with E-state index in [1.165, 1.54) is 6.07 Å². The first kappa shape index (κ1) is 14.7. The summed E-state index contributed by atoms with van der Waals surface area (Å²) < 4.78 is 4.92. The minimum Gasteiger partial charge on any atom is -0.383 e. The monoisotopic (exact) mass is 254 g/mol. The van der Waals surface area contributed by atoms with Gasteiger partial charge in [0.2, 0.25) is 0 Å². The molecule has 0 saturated carbocycles. The summed E-state index contributed by atoms with van der Waals surface area (Å²) in [5.41, 5.74) is -0.122. The molecule has 1 aromatic rings. The molecule has 0 amide bonds. The van der Waals surface area contributed by atoms with Crippen molar-refractivity contribution in [3.8, 4) is 0 Å². The summed E-state index contributed by atoms with van der Waals surface area (Å²) in [4.78, 5) is 18.5. The van der Waals surface area contributed by atoms with E-state index in [1.54, 1.807) is 7.11 Å². The molecule has 0 radical (unpaired) electrons. The molecule has 102 valence electrons. The molecule has 0 aliphatic heterocycles. The summed E-state index contributed by atoms with van der Waals surface area (Å²) in [5, 5.41) is 6.33. The largest absolute Gasteiger partial charge is 0.383 e. The van der Waals surface area contributed by atoms with Crippen molar-refractivity contribution in [2.75, 3.05) is 38.7 Å². The summed E-state index contributed by atoms with van der Waals surface area (Å²) in [5.74, 6) is 1.53. The lowest BCUT2D eigenvalue weighted by Gasteiger charge is -2.09. The standard InChI is InChI=1S/C12H22N4O2/c1-9(2)12-15-10(8-11(17)16-12)14-5-4-13-6-7-18-3/h8-9,13H,4-7H2,1-3H3,(H2,14,15,16,17). The van der Waals surface area contributed by atoms with E-state index in [0.717, 1.165) is 19.6 Å². The molecule has 0 spiro atoms. The lowest BCUT2D eigenvalue weighted by atomic mass is 10.2. The average Bonchev–Trinajstić information content (AvgIpc) is 2.33. The van der Waals surface area contributed by atoms with Crippen LogP contribution >= 0.6 is 0 Å². The number of nitrogens with zero attached hydrogens (tertiary/aromatic N) is 1. The van der Waals surface area contributed by atoms with Crippen molar-refractivity contribution in [3.63, 3.8) is 0 Å². The predicted octanol–water partition coefficient (Wildman–Crippen LogP) is 0.541. The molecule has 0 aromatic carbocycles. The Bertz CT molecular complexity index is 403. The topological polar surface area (TPSA) is 79.0 Å². The van der Waals surface area contributed by atoms with Crippen LogP contribution in [0.15, 0.2) is 10.9 Å². The first-order chi connectivity index (χ1) is 8.63. The lowest BCUT2D eigenvalue weighted by molar-refractivity contribution is 0.200. The molecule has 0 fully saturated rings. The van der Waals surface area contributed by atoms with Gasteiger partial charge in [-0.05, 0) is 0 Å². The van der Waals surface area contributed by atoms with Crippen LogP contribution in [0.1, 0.15) is 25.6 Å². The van der Waals surface area contributed by atoms with Crippen LogP contribution in [0, 0.1) is 0 Å². The molecule has 18 heavy (non-hydrogen) atoms. The molecule has 1 heterocycles. The Labute approximate surface area is 107 Å². The highest BCUT2D eigenvalue weighted by atomic mass is 16.5. The summed E-state index contributed by atoms with van der Waals surface area (Å²) in [6.45, 7) is 7.02. The smallest absolute Gasteiger partial charge is 0.252 e. The van der Waals surface area contributed by atoms with Crippen LogP contribution in [0.5, 0.6) is 0 Å². The van der Waals surface area contributed by atoms with Gasteiger partial charge in [-0.2, -0.15) is 0 Å². The SMILES string of the molecule is COCCNCCNc1cc(=O)[nH]c(C(C)C)n1. The second-order valence-corrected chi connectivity index (χ2v) is 4.34. The van der Waals surface area contributed by atoms with Gasteiger partial charge in [-0.3, -0.25) is 4.79 Å². The molecule has 0 bridgehead atoms. The zero-order valence-corrected chi connectivity index (χ0v) is 11.2. The summed E-state index contributed by atoms with van der Waals surface area (Å²) in [7, 11) is 1.67. The van der Waals surface area contributed by atoms with Crippen molar-refractivity contribution >= 4 is 5.82 Å². The van der Waals surface area contributed by atoms with Gasteiger partial charge in [0.1, 0.15) is 11.6 Å². The van der Waals surface area contributed by atoms with Gasteiger partial charge in [0, 0.05) is 38.7 Å². The van der Waals surface area contributed by atoms with Gasteiger partial charge in [-0.15, -0.1) is 0 Å². The Balaban J connectivity index is 2.40. The minimum absolute atomic E-state index is 0.122. The first-order valence-electron chi connectivity index (χ1n) is 6.18. The quantitative estimate of drug-likeness (QED) is 0.590. The first-order valence-corrected chi connectivity index (χ1v) is 6.18. The van der Waals surface area contributed by atoms with Crippen LogP contribution in [0.4, 0.5) is 5.82 Å². The average molecular weight is 254 g/mol. The van der Waals surface area contributed by atoms with E-state index < -0.39 is 0 Å². The number of hydrogen-bond donors (Lipinski definition) is 3. The Kier molecular flexibility index (Phi) is 6.38. The van der Waals surface area contributed by atoms with Crippen LogP contribution in [0.3, 0.4) is 0 Å². The molecule has 3 N–H and O–H groups in total. The van der Waals surface area contributed by atoms with Crippen LogP contribution < -0.4 is 16.2 Å². The fraction of sp³-hybridized carbons (Fsp3) is 0.667. The lowest BCUT2D eigenvalue weighted by Crippen LogP contribution is -2.26. The van der Waals surface area contributed by atoms with E-state index >= 15 is 0 Å². The maximum absolute atomic E-state index is 11.4. The number of anilines is 1.